The number of rotatable bonds is 6. The number of piperidine rings is 1. The number of carbonyl (C=O) groups excluding carboxylic acids is 2. The van der Waals surface area contributed by atoms with Gasteiger partial charge in [0.25, 0.3) is 5.91 Å². The van der Waals surface area contributed by atoms with Crippen LogP contribution in [0, 0.1) is 17.2 Å². The van der Waals surface area contributed by atoms with Crippen LogP contribution >= 0.6 is 0 Å². The lowest BCUT2D eigenvalue weighted by molar-refractivity contribution is -0.138. The van der Waals surface area contributed by atoms with Crippen LogP contribution in [0.15, 0.2) is 30.3 Å². The fourth-order valence-electron chi connectivity index (χ4n) is 4.59. The molecule has 2 heterocycles. The van der Waals surface area contributed by atoms with E-state index in [0.29, 0.717) is 31.5 Å². The van der Waals surface area contributed by atoms with Crippen molar-refractivity contribution in [3.8, 4) is 11.8 Å². The maximum atomic E-state index is 13.2. The van der Waals surface area contributed by atoms with Crippen LogP contribution in [0.1, 0.15) is 60.1 Å². The van der Waals surface area contributed by atoms with E-state index in [1.165, 1.54) is 6.07 Å². The minimum atomic E-state index is -4.64. The molecule has 0 atom stereocenters. The Morgan fingerprint density at radius 2 is 1.81 bits per heavy atom. The molecular weight excluding hydrogens is 475 g/mol. The van der Waals surface area contributed by atoms with Crippen LogP contribution in [-0.4, -0.2) is 47.6 Å². The normalized spacial score (nSPS) is 20.9. The van der Waals surface area contributed by atoms with Crippen LogP contribution in [0.2, 0.25) is 0 Å². The first-order valence-electron chi connectivity index (χ1n) is 11.9. The van der Waals surface area contributed by atoms with Crippen molar-refractivity contribution in [2.24, 2.45) is 5.92 Å². The molecule has 1 saturated heterocycles. The smallest absolute Gasteiger partial charge is 0.417 e. The van der Waals surface area contributed by atoms with Crippen molar-refractivity contribution in [1.29, 1.82) is 5.26 Å². The number of hydrogen-bond donors (Lipinski definition) is 1. The summed E-state index contributed by atoms with van der Waals surface area (Å²) < 4.78 is 45.3. The van der Waals surface area contributed by atoms with E-state index in [1.807, 2.05) is 4.90 Å². The van der Waals surface area contributed by atoms with Gasteiger partial charge in [0.05, 0.1) is 23.3 Å². The Bertz CT molecular complexity index is 1120. The molecule has 8 nitrogen and oxygen atoms in total. The Labute approximate surface area is 206 Å². The first-order chi connectivity index (χ1) is 17.3. The lowest BCUT2D eigenvalue weighted by atomic mass is 9.92. The largest absolute Gasteiger partial charge is 0.490 e. The highest BCUT2D eigenvalue weighted by atomic mass is 19.4. The molecule has 11 heteroatoms. The summed E-state index contributed by atoms with van der Waals surface area (Å²) in [7, 11) is 0. The van der Waals surface area contributed by atoms with Crippen molar-refractivity contribution < 1.29 is 27.5 Å². The number of hydrogen-bond acceptors (Lipinski definition) is 7. The highest BCUT2D eigenvalue weighted by Crippen LogP contribution is 2.35. The van der Waals surface area contributed by atoms with Crippen LogP contribution in [0.5, 0.6) is 5.75 Å². The predicted octanol–water partition coefficient (Wildman–Crippen LogP) is 3.90. The summed E-state index contributed by atoms with van der Waals surface area (Å²) in [4.78, 5) is 25.6. The Hall–Kier alpha value is -3.68. The van der Waals surface area contributed by atoms with Gasteiger partial charge in [0.1, 0.15) is 12.0 Å². The third kappa shape index (κ3) is 6.11. The highest BCUT2D eigenvalue weighted by molar-refractivity contribution is 5.92. The fraction of sp³-hybridized carbons (Fsp3) is 0.480. The monoisotopic (exact) mass is 501 g/mol. The number of amides is 1. The van der Waals surface area contributed by atoms with E-state index in [4.69, 9.17) is 10.00 Å². The summed E-state index contributed by atoms with van der Waals surface area (Å²) in [5.41, 5.74) is -1.25. The summed E-state index contributed by atoms with van der Waals surface area (Å²) >= 11 is 0. The number of nitrogens with one attached hydrogen (secondary N) is 1. The number of halogens is 3. The van der Waals surface area contributed by atoms with E-state index >= 15 is 0 Å². The molecule has 2 fully saturated rings. The second-order valence-electron chi connectivity index (χ2n) is 9.12. The molecule has 0 bridgehead atoms. The second-order valence-corrected chi connectivity index (χ2v) is 9.12. The molecule has 1 amide bonds. The van der Waals surface area contributed by atoms with Gasteiger partial charge < -0.3 is 19.7 Å². The van der Waals surface area contributed by atoms with Crippen molar-refractivity contribution in [2.75, 3.05) is 18.0 Å². The molecule has 2 aromatic rings. The van der Waals surface area contributed by atoms with Crippen molar-refractivity contribution in [3.63, 3.8) is 0 Å². The second kappa shape index (κ2) is 10.9. The van der Waals surface area contributed by atoms with Crippen molar-refractivity contribution in [2.45, 2.75) is 56.8 Å². The van der Waals surface area contributed by atoms with Gasteiger partial charge in [-0.25, -0.2) is 0 Å². The van der Waals surface area contributed by atoms with Crippen LogP contribution < -0.4 is 15.0 Å². The topological polar surface area (TPSA) is 108 Å². The molecule has 2 aliphatic rings. The minimum Gasteiger partial charge on any atom is -0.490 e. The zero-order valence-corrected chi connectivity index (χ0v) is 19.5. The third-order valence-electron chi connectivity index (χ3n) is 6.67. The minimum absolute atomic E-state index is 0.0690. The summed E-state index contributed by atoms with van der Waals surface area (Å²) in [5, 5.41) is 20.1. The fourth-order valence-corrected chi connectivity index (χ4v) is 4.59. The van der Waals surface area contributed by atoms with Crippen molar-refractivity contribution in [3.05, 3.63) is 47.2 Å². The number of alkyl halides is 3. The van der Waals surface area contributed by atoms with Gasteiger partial charge in [0.15, 0.2) is 11.5 Å². The van der Waals surface area contributed by atoms with Gasteiger partial charge in [-0.1, -0.05) is 0 Å². The number of aromatic nitrogens is 2. The molecular formula is C25H26F3N5O3. The maximum Gasteiger partial charge on any atom is 0.417 e. The van der Waals surface area contributed by atoms with Gasteiger partial charge in [-0.2, -0.15) is 18.4 Å². The molecule has 1 aromatic carbocycles. The highest BCUT2D eigenvalue weighted by Gasteiger charge is 2.34. The van der Waals surface area contributed by atoms with Gasteiger partial charge in [0, 0.05) is 25.0 Å². The third-order valence-corrected chi connectivity index (χ3v) is 6.67. The Morgan fingerprint density at radius 3 is 2.39 bits per heavy atom. The molecule has 1 aromatic heterocycles. The van der Waals surface area contributed by atoms with Crippen molar-refractivity contribution in [1.82, 2.24) is 15.5 Å². The zero-order chi connectivity index (χ0) is 25.7. The van der Waals surface area contributed by atoms with Gasteiger partial charge in [-0.15, -0.1) is 10.2 Å². The first kappa shape index (κ1) is 25.4. The molecule has 0 unspecified atom stereocenters. The van der Waals surface area contributed by atoms with E-state index in [-0.39, 0.29) is 35.4 Å². The Kier molecular flexibility index (Phi) is 7.72. The molecule has 0 radical (unpaired) electrons. The molecule has 1 saturated carbocycles. The van der Waals surface area contributed by atoms with E-state index in [9.17, 15) is 22.8 Å². The van der Waals surface area contributed by atoms with Crippen molar-refractivity contribution >= 4 is 18.0 Å². The van der Waals surface area contributed by atoms with Gasteiger partial charge >= 0.3 is 6.18 Å². The van der Waals surface area contributed by atoms with Gasteiger partial charge in [-0.3, -0.25) is 4.79 Å². The van der Waals surface area contributed by atoms with E-state index in [0.717, 1.165) is 44.4 Å². The number of nitriles is 1. The summed E-state index contributed by atoms with van der Waals surface area (Å²) in [6.07, 6.45) is -0.0430. The van der Waals surface area contributed by atoms with E-state index < -0.39 is 17.3 Å². The molecule has 0 spiro atoms. The number of benzene rings is 1. The van der Waals surface area contributed by atoms with Crippen LogP contribution in [-0.2, 0) is 11.0 Å². The number of carbonyl (C=O) groups is 2. The average Bonchev–Trinajstić information content (AvgIpc) is 2.89. The molecule has 1 aliphatic heterocycles. The number of aldehydes is 1. The van der Waals surface area contributed by atoms with E-state index in [2.05, 4.69) is 15.5 Å². The zero-order valence-electron chi connectivity index (χ0n) is 19.5. The van der Waals surface area contributed by atoms with Crippen LogP contribution in [0.4, 0.5) is 19.0 Å². The number of ether oxygens (including phenoxy) is 1. The summed E-state index contributed by atoms with van der Waals surface area (Å²) in [5.74, 6) is 0.491. The van der Waals surface area contributed by atoms with E-state index in [1.54, 1.807) is 18.2 Å². The standard InChI is InChI=1S/C25H26F3N5O3/c26-25(27,28)21-13-20(4-1-17(21)14-29)36-19-5-2-18(3-6-19)30-24(35)22-7-8-23(32-31-22)33-11-9-16(15-34)10-12-33/h1,4,7-8,13,15-16,18-19H,2-3,5-6,9-12H2,(H,30,35)/t18-,19-. The Morgan fingerprint density at radius 1 is 1.08 bits per heavy atom. The number of anilines is 1. The lowest BCUT2D eigenvalue weighted by Gasteiger charge is -2.30. The molecule has 36 heavy (non-hydrogen) atoms. The molecule has 1 aliphatic carbocycles. The number of nitrogens with zero attached hydrogens (tertiary/aromatic N) is 4. The lowest BCUT2D eigenvalue weighted by Crippen LogP contribution is -2.40. The SMILES string of the molecule is N#Cc1ccc(O[C@H]2CC[C@H](NC(=O)c3ccc(N4CCC(C=O)CC4)nn3)CC2)cc1C(F)(F)F. The van der Waals surface area contributed by atoms with Gasteiger partial charge in [-0.05, 0) is 68.9 Å². The summed E-state index contributed by atoms with van der Waals surface area (Å²) in [6, 6.07) is 8.17. The first-order valence-corrected chi connectivity index (χ1v) is 11.9. The quantitative estimate of drug-likeness (QED) is 0.598. The van der Waals surface area contributed by atoms with Gasteiger partial charge in [0.2, 0.25) is 0 Å². The summed E-state index contributed by atoms with van der Waals surface area (Å²) in [6.45, 7) is 1.43. The molecule has 4 rings (SSSR count). The Balaban J connectivity index is 1.26. The average molecular weight is 502 g/mol. The van der Waals surface area contributed by atoms with Crippen LogP contribution in [0.25, 0.3) is 0 Å². The van der Waals surface area contributed by atoms with Crippen LogP contribution in [0.3, 0.4) is 0 Å². The predicted molar refractivity (Wildman–Crippen MR) is 123 cm³/mol. The molecule has 1 N–H and O–H groups in total. The maximum absolute atomic E-state index is 13.2. The molecule has 190 valence electrons.